The van der Waals surface area contributed by atoms with Crippen LogP contribution in [0.4, 0.5) is 27.2 Å². The molecule has 0 N–H and O–H groups in total. The van der Waals surface area contributed by atoms with Crippen molar-refractivity contribution in [2.75, 3.05) is 24.6 Å². The minimum Gasteiger partial charge on any atom is -0.416 e. The van der Waals surface area contributed by atoms with E-state index in [4.69, 9.17) is 4.43 Å². The van der Waals surface area contributed by atoms with Crippen molar-refractivity contribution in [1.29, 1.82) is 0 Å². The van der Waals surface area contributed by atoms with Crippen LogP contribution in [0.3, 0.4) is 0 Å². The predicted molar refractivity (Wildman–Crippen MR) is 169 cm³/mol. The summed E-state index contributed by atoms with van der Waals surface area (Å²) in [6.45, 7) is 18.4. The maximum atomic E-state index is 6.30. The maximum absolute atomic E-state index is 6.30. The number of hydrogen-bond acceptors (Lipinski definition) is 9. The van der Waals surface area contributed by atoms with Crippen LogP contribution in [0.5, 0.6) is 0 Å². The molecule has 39 heavy (non-hydrogen) atoms. The summed E-state index contributed by atoms with van der Waals surface area (Å²) in [5.74, 6) is 0. The largest absolute Gasteiger partial charge is 0.416 e. The molecular formula is C29H38N6OS2Si. The Labute approximate surface area is 240 Å². The molecule has 206 valence electrons. The summed E-state index contributed by atoms with van der Waals surface area (Å²) in [7, 11) is -1.71. The van der Waals surface area contributed by atoms with Crippen molar-refractivity contribution in [3.8, 4) is 0 Å². The highest BCUT2D eigenvalue weighted by atomic mass is 32.1. The first-order valence-electron chi connectivity index (χ1n) is 13.4. The molecule has 2 aromatic heterocycles. The second kappa shape index (κ2) is 12.6. The zero-order chi connectivity index (χ0) is 28.0. The van der Waals surface area contributed by atoms with E-state index in [2.05, 4.69) is 102 Å². The topological polar surface area (TPSA) is 74.8 Å². The molecule has 0 atom stereocenters. The molecule has 2 aromatic carbocycles. The molecule has 4 rings (SSSR count). The Morgan fingerprint density at radius 1 is 0.846 bits per heavy atom. The van der Waals surface area contributed by atoms with Gasteiger partial charge in [0.1, 0.15) is 9.83 Å². The van der Waals surface area contributed by atoms with Gasteiger partial charge in [0.15, 0.2) is 8.32 Å². The van der Waals surface area contributed by atoms with Gasteiger partial charge in [-0.05, 0) is 86.4 Å². The van der Waals surface area contributed by atoms with Crippen LogP contribution in [-0.4, -0.2) is 33.0 Å². The molecule has 0 spiro atoms. The van der Waals surface area contributed by atoms with Crippen molar-refractivity contribution >= 4 is 67.7 Å². The van der Waals surface area contributed by atoms with Crippen LogP contribution >= 0.6 is 22.7 Å². The van der Waals surface area contributed by atoms with Crippen molar-refractivity contribution in [1.82, 2.24) is 4.98 Å². The van der Waals surface area contributed by atoms with Gasteiger partial charge in [0, 0.05) is 25.4 Å². The molecule has 10 heteroatoms. The summed E-state index contributed by atoms with van der Waals surface area (Å²) in [6.07, 6.45) is 0.901. The number of benzene rings is 2. The van der Waals surface area contributed by atoms with E-state index in [1.165, 1.54) is 33.9 Å². The third-order valence-electron chi connectivity index (χ3n) is 7.15. The van der Waals surface area contributed by atoms with Crippen molar-refractivity contribution in [3.63, 3.8) is 0 Å². The summed E-state index contributed by atoms with van der Waals surface area (Å²) in [5, 5.41) is 19.2. The van der Waals surface area contributed by atoms with Crippen LogP contribution < -0.4 is 4.90 Å². The normalized spacial score (nSPS) is 12.8. The van der Waals surface area contributed by atoms with E-state index in [1.54, 1.807) is 0 Å². The third kappa shape index (κ3) is 7.66. The number of azo groups is 2. The second-order valence-electron chi connectivity index (χ2n) is 10.9. The molecule has 0 saturated heterocycles. The lowest BCUT2D eigenvalue weighted by atomic mass is 10.1. The number of anilines is 1. The van der Waals surface area contributed by atoms with E-state index >= 15 is 0 Å². The Hall–Kier alpha value is -2.79. The average molecular weight is 579 g/mol. The quantitative estimate of drug-likeness (QED) is 0.131. The lowest BCUT2D eigenvalue weighted by Crippen LogP contribution is -2.41. The van der Waals surface area contributed by atoms with Crippen LogP contribution in [0.25, 0.3) is 9.53 Å². The number of thiophene rings is 1. The molecule has 0 aliphatic heterocycles. The molecule has 0 aliphatic carbocycles. The molecule has 2 heterocycles. The first kappa shape index (κ1) is 29.2. The van der Waals surface area contributed by atoms with Crippen LogP contribution in [0.2, 0.25) is 18.1 Å². The summed E-state index contributed by atoms with van der Waals surface area (Å²) in [5.41, 5.74) is 4.08. The van der Waals surface area contributed by atoms with Crippen molar-refractivity contribution in [2.24, 2.45) is 20.5 Å². The van der Waals surface area contributed by atoms with Crippen molar-refractivity contribution in [3.05, 3.63) is 60.2 Å². The van der Waals surface area contributed by atoms with E-state index in [-0.39, 0.29) is 5.04 Å². The van der Waals surface area contributed by atoms with E-state index in [9.17, 15) is 0 Å². The third-order valence-corrected chi connectivity index (χ3v) is 13.6. The molecule has 7 nitrogen and oxygen atoms in total. The Balaban J connectivity index is 1.32. The summed E-state index contributed by atoms with van der Waals surface area (Å²) >= 11 is 3.01. The highest BCUT2D eigenvalue weighted by Crippen LogP contribution is 2.39. The molecule has 0 fully saturated rings. The fourth-order valence-electron chi connectivity index (χ4n) is 3.70. The Morgan fingerprint density at radius 3 is 2.05 bits per heavy atom. The van der Waals surface area contributed by atoms with Crippen molar-refractivity contribution < 1.29 is 4.43 Å². The van der Waals surface area contributed by atoms with Crippen LogP contribution in [0.1, 0.15) is 40.2 Å². The number of rotatable bonds is 11. The molecule has 0 unspecified atom stereocenters. The Morgan fingerprint density at radius 2 is 1.46 bits per heavy atom. The molecule has 4 aromatic rings. The van der Waals surface area contributed by atoms with Gasteiger partial charge in [-0.1, -0.05) is 55.6 Å². The first-order chi connectivity index (χ1) is 18.6. The highest BCUT2D eigenvalue weighted by Gasteiger charge is 2.36. The second-order valence-corrected chi connectivity index (χ2v) is 17.7. The zero-order valence-electron chi connectivity index (χ0n) is 23.9. The molecule has 0 amide bonds. The van der Waals surface area contributed by atoms with Gasteiger partial charge in [0.2, 0.25) is 5.13 Å². The van der Waals surface area contributed by atoms with Gasteiger partial charge < -0.3 is 9.33 Å². The fraction of sp³-hybridized carbons (Fsp3) is 0.414. The van der Waals surface area contributed by atoms with E-state index in [0.29, 0.717) is 5.13 Å². The van der Waals surface area contributed by atoms with Gasteiger partial charge in [-0.2, -0.15) is 0 Å². The van der Waals surface area contributed by atoms with Gasteiger partial charge in [-0.15, -0.1) is 20.5 Å². The number of nitrogens with zero attached hydrogens (tertiary/aromatic N) is 6. The summed E-state index contributed by atoms with van der Waals surface area (Å²) < 4.78 is 7.34. The number of fused-ring (bicyclic) bond motifs is 1. The summed E-state index contributed by atoms with van der Waals surface area (Å²) in [4.78, 5) is 7.80. The van der Waals surface area contributed by atoms with E-state index in [0.717, 1.165) is 52.0 Å². The summed E-state index contributed by atoms with van der Waals surface area (Å²) in [6, 6.07) is 18.4. The molecule has 0 bridgehead atoms. The zero-order valence-corrected chi connectivity index (χ0v) is 26.6. The molecule has 0 aliphatic rings. The van der Waals surface area contributed by atoms with Gasteiger partial charge in [0.05, 0.1) is 16.1 Å². The lowest BCUT2D eigenvalue weighted by molar-refractivity contribution is 0.292. The maximum Gasteiger partial charge on any atom is 0.231 e. The average Bonchev–Trinajstić information content (AvgIpc) is 3.46. The molecule has 0 radical (unpaired) electrons. The molecule has 0 saturated carbocycles. The fourth-order valence-corrected chi connectivity index (χ4v) is 6.59. The van der Waals surface area contributed by atoms with Gasteiger partial charge >= 0.3 is 0 Å². The smallest absolute Gasteiger partial charge is 0.231 e. The minimum absolute atomic E-state index is 0.229. The van der Waals surface area contributed by atoms with E-state index in [1.807, 2.05) is 30.3 Å². The van der Waals surface area contributed by atoms with E-state index < -0.39 is 8.32 Å². The lowest BCUT2D eigenvalue weighted by Gasteiger charge is -2.36. The number of aromatic nitrogens is 1. The van der Waals surface area contributed by atoms with Crippen LogP contribution in [-0.2, 0) is 10.8 Å². The van der Waals surface area contributed by atoms with Gasteiger partial charge in [-0.3, -0.25) is 0 Å². The Kier molecular flexibility index (Phi) is 9.42. The van der Waals surface area contributed by atoms with Crippen LogP contribution in [0.15, 0.2) is 75.1 Å². The van der Waals surface area contributed by atoms with Gasteiger partial charge in [-0.25, -0.2) is 4.98 Å². The standard InChI is InChI=1S/C29H38N6OS2Si/c1-8-35(9-2)24-16-14-23(15-17-24)32-34-28-30-27-25(37-28)20-26(38-27)33-31-22-12-10-21(11-13-22)18-19-36-39(6,7)29(3,4)5/h10-17,20H,8-9,18-19H2,1-7H3. The monoisotopic (exact) mass is 578 g/mol. The SMILES string of the molecule is CCN(CC)c1ccc(N=Nc2nc3sc(N=Nc4ccc(CCO[Si](C)(C)C(C)(C)C)cc4)cc3s2)cc1. The van der Waals surface area contributed by atoms with Crippen molar-refractivity contribution in [2.45, 2.75) is 59.2 Å². The number of thiazole rings is 1. The van der Waals surface area contributed by atoms with Crippen LogP contribution in [0, 0.1) is 0 Å². The Bertz CT molecular complexity index is 1380. The predicted octanol–water partition coefficient (Wildman–Crippen LogP) is 10.6. The number of hydrogen-bond donors (Lipinski definition) is 0. The minimum atomic E-state index is -1.71. The first-order valence-corrected chi connectivity index (χ1v) is 17.9. The van der Waals surface area contributed by atoms with Gasteiger partial charge in [0.25, 0.3) is 0 Å². The highest BCUT2D eigenvalue weighted by molar-refractivity contribution is 7.30. The molecular weight excluding hydrogens is 541 g/mol.